The van der Waals surface area contributed by atoms with Gasteiger partial charge in [0.25, 0.3) is 5.91 Å². The molecular weight excluding hydrogens is 404 g/mol. The van der Waals surface area contributed by atoms with Crippen molar-refractivity contribution in [1.29, 1.82) is 0 Å². The van der Waals surface area contributed by atoms with Crippen molar-refractivity contribution in [2.75, 3.05) is 25.0 Å². The molecule has 7 nitrogen and oxygen atoms in total. The first-order valence-corrected chi connectivity index (χ1v) is 11.1. The van der Waals surface area contributed by atoms with E-state index in [9.17, 15) is 9.59 Å². The molecule has 32 heavy (non-hydrogen) atoms. The molecule has 1 aromatic heterocycles. The summed E-state index contributed by atoms with van der Waals surface area (Å²) in [6.07, 6.45) is 6.68. The Hall–Kier alpha value is -3.61. The molecule has 1 aliphatic heterocycles. The summed E-state index contributed by atoms with van der Waals surface area (Å²) in [5.41, 5.74) is 2.99. The molecule has 4 rings (SSSR count). The summed E-state index contributed by atoms with van der Waals surface area (Å²) < 4.78 is 5.51. The van der Waals surface area contributed by atoms with Crippen LogP contribution in [0, 0.1) is 0 Å². The van der Waals surface area contributed by atoms with Crippen LogP contribution in [0.5, 0.6) is 0 Å². The second-order valence-electron chi connectivity index (χ2n) is 7.92. The Morgan fingerprint density at radius 3 is 2.38 bits per heavy atom. The summed E-state index contributed by atoms with van der Waals surface area (Å²) in [7, 11) is 0. The predicted molar refractivity (Wildman–Crippen MR) is 123 cm³/mol. The number of likely N-dealkylation sites (tertiary alicyclic amines) is 1. The number of benzene rings is 2. The maximum Gasteiger partial charge on any atom is 0.319 e. The number of aromatic nitrogens is 1. The molecule has 0 unspecified atom stereocenters. The first-order valence-electron chi connectivity index (χ1n) is 11.1. The highest BCUT2D eigenvalue weighted by atomic mass is 16.3. The van der Waals surface area contributed by atoms with Crippen LogP contribution in [0.15, 0.2) is 65.3 Å². The monoisotopic (exact) mass is 432 g/mol. The number of nitrogens with one attached hydrogen (secondary N) is 2. The van der Waals surface area contributed by atoms with E-state index in [1.165, 1.54) is 12.8 Å². The molecular formula is C25H28N4O3. The SMILES string of the molecule is O=C(NCCc1coc(-c2ccccc2)n1)Nc1ccc(C(=O)N2CCCCCC2)cc1. The number of hydrogen-bond acceptors (Lipinski definition) is 4. The Labute approximate surface area is 187 Å². The number of rotatable bonds is 6. The van der Waals surface area contributed by atoms with Crippen LogP contribution in [0.4, 0.5) is 10.5 Å². The average molecular weight is 433 g/mol. The Morgan fingerprint density at radius 2 is 1.66 bits per heavy atom. The summed E-state index contributed by atoms with van der Waals surface area (Å²) >= 11 is 0. The van der Waals surface area contributed by atoms with E-state index >= 15 is 0 Å². The zero-order valence-electron chi connectivity index (χ0n) is 18.0. The minimum Gasteiger partial charge on any atom is -0.444 e. The fourth-order valence-electron chi connectivity index (χ4n) is 3.77. The zero-order chi connectivity index (χ0) is 22.2. The molecule has 166 valence electrons. The van der Waals surface area contributed by atoms with Gasteiger partial charge < -0.3 is 20.0 Å². The fourth-order valence-corrected chi connectivity index (χ4v) is 3.77. The van der Waals surface area contributed by atoms with Gasteiger partial charge in [-0.05, 0) is 49.2 Å². The van der Waals surface area contributed by atoms with Crippen LogP contribution in [-0.4, -0.2) is 41.5 Å². The molecule has 0 radical (unpaired) electrons. The lowest BCUT2D eigenvalue weighted by Gasteiger charge is -2.20. The Morgan fingerprint density at radius 1 is 0.938 bits per heavy atom. The first kappa shape index (κ1) is 21.6. The van der Waals surface area contributed by atoms with E-state index in [1.54, 1.807) is 30.5 Å². The lowest BCUT2D eigenvalue weighted by Crippen LogP contribution is -2.32. The van der Waals surface area contributed by atoms with E-state index in [2.05, 4.69) is 15.6 Å². The highest BCUT2D eigenvalue weighted by molar-refractivity contribution is 5.95. The number of carbonyl (C=O) groups is 2. The summed E-state index contributed by atoms with van der Waals surface area (Å²) in [6, 6.07) is 16.4. The topological polar surface area (TPSA) is 87.5 Å². The second kappa shape index (κ2) is 10.6. The van der Waals surface area contributed by atoms with E-state index in [0.717, 1.165) is 37.2 Å². The molecule has 7 heteroatoms. The van der Waals surface area contributed by atoms with E-state index in [1.807, 2.05) is 35.2 Å². The molecule has 0 spiro atoms. The molecule has 0 bridgehead atoms. The van der Waals surface area contributed by atoms with Gasteiger partial charge in [-0.25, -0.2) is 9.78 Å². The van der Waals surface area contributed by atoms with Gasteiger partial charge in [-0.15, -0.1) is 0 Å². The standard InChI is InChI=1S/C25H28N4O3/c30-24(29-16-6-1-2-7-17-29)20-10-12-21(13-11-20)28-25(31)26-15-14-22-18-32-23(27-22)19-8-4-3-5-9-19/h3-5,8-13,18H,1-2,6-7,14-17H2,(H2,26,28,31). The van der Waals surface area contributed by atoms with Crippen molar-refractivity contribution in [3.8, 4) is 11.5 Å². The van der Waals surface area contributed by atoms with Crippen molar-refractivity contribution in [3.63, 3.8) is 0 Å². The minimum absolute atomic E-state index is 0.0605. The molecule has 2 aromatic carbocycles. The maximum atomic E-state index is 12.7. The number of urea groups is 1. The zero-order valence-corrected chi connectivity index (χ0v) is 18.0. The van der Waals surface area contributed by atoms with E-state index in [4.69, 9.17) is 4.42 Å². The number of carbonyl (C=O) groups excluding carboxylic acids is 2. The molecule has 1 fully saturated rings. The molecule has 0 saturated carbocycles. The number of amides is 3. The lowest BCUT2D eigenvalue weighted by atomic mass is 10.1. The van der Waals surface area contributed by atoms with Gasteiger partial charge in [-0.1, -0.05) is 31.0 Å². The maximum absolute atomic E-state index is 12.7. The lowest BCUT2D eigenvalue weighted by molar-refractivity contribution is 0.0761. The predicted octanol–water partition coefficient (Wildman–Crippen LogP) is 4.72. The number of anilines is 1. The van der Waals surface area contributed by atoms with E-state index < -0.39 is 0 Å². The van der Waals surface area contributed by atoms with Crippen molar-refractivity contribution < 1.29 is 14.0 Å². The highest BCUT2D eigenvalue weighted by Crippen LogP contribution is 2.18. The summed E-state index contributed by atoms with van der Waals surface area (Å²) in [5.74, 6) is 0.630. The quantitative estimate of drug-likeness (QED) is 0.590. The molecule has 2 N–H and O–H groups in total. The van der Waals surface area contributed by atoms with Gasteiger partial charge in [0.1, 0.15) is 6.26 Å². The first-order chi connectivity index (χ1) is 15.7. The Balaban J connectivity index is 1.23. The molecule has 2 heterocycles. The fraction of sp³-hybridized carbons (Fsp3) is 0.320. The van der Waals surface area contributed by atoms with Crippen LogP contribution < -0.4 is 10.6 Å². The van der Waals surface area contributed by atoms with Crippen LogP contribution in [0.3, 0.4) is 0 Å². The highest BCUT2D eigenvalue weighted by Gasteiger charge is 2.17. The Kier molecular flexibility index (Phi) is 7.17. The van der Waals surface area contributed by atoms with E-state index in [0.29, 0.717) is 30.1 Å². The third kappa shape index (κ3) is 5.75. The van der Waals surface area contributed by atoms with Gasteiger partial charge in [0.15, 0.2) is 0 Å². The largest absolute Gasteiger partial charge is 0.444 e. The summed E-state index contributed by atoms with van der Waals surface area (Å²) in [6.45, 7) is 2.07. The van der Waals surface area contributed by atoms with Gasteiger partial charge >= 0.3 is 6.03 Å². The molecule has 3 aromatic rings. The van der Waals surface area contributed by atoms with Crippen LogP contribution in [-0.2, 0) is 6.42 Å². The molecule has 1 aliphatic rings. The van der Waals surface area contributed by atoms with E-state index in [-0.39, 0.29) is 11.9 Å². The average Bonchev–Trinajstić information content (AvgIpc) is 3.12. The minimum atomic E-state index is -0.302. The van der Waals surface area contributed by atoms with Gasteiger partial charge in [0, 0.05) is 42.9 Å². The van der Waals surface area contributed by atoms with Crippen LogP contribution >= 0.6 is 0 Å². The molecule has 0 atom stereocenters. The van der Waals surface area contributed by atoms with Crippen LogP contribution in [0.2, 0.25) is 0 Å². The van der Waals surface area contributed by atoms with Crippen molar-refractivity contribution in [2.45, 2.75) is 32.1 Å². The second-order valence-corrected chi connectivity index (χ2v) is 7.92. The number of oxazole rings is 1. The van der Waals surface area contributed by atoms with Crippen molar-refractivity contribution >= 4 is 17.6 Å². The van der Waals surface area contributed by atoms with Gasteiger partial charge in [0.2, 0.25) is 5.89 Å². The van der Waals surface area contributed by atoms with Crippen molar-refractivity contribution in [1.82, 2.24) is 15.2 Å². The summed E-state index contributed by atoms with van der Waals surface area (Å²) in [5, 5.41) is 5.61. The molecule has 3 amide bonds. The normalized spacial score (nSPS) is 13.9. The number of hydrogen-bond donors (Lipinski definition) is 2. The van der Waals surface area contributed by atoms with Crippen LogP contribution in [0.25, 0.3) is 11.5 Å². The summed E-state index contributed by atoms with van der Waals surface area (Å²) in [4.78, 5) is 31.2. The third-order valence-electron chi connectivity index (χ3n) is 5.52. The Bertz CT molecular complexity index is 1020. The van der Waals surface area contributed by atoms with Gasteiger partial charge in [-0.2, -0.15) is 0 Å². The molecule has 0 aliphatic carbocycles. The van der Waals surface area contributed by atoms with Crippen molar-refractivity contribution in [3.05, 3.63) is 72.1 Å². The van der Waals surface area contributed by atoms with Gasteiger partial charge in [0.05, 0.1) is 5.69 Å². The van der Waals surface area contributed by atoms with Gasteiger partial charge in [-0.3, -0.25) is 4.79 Å². The van der Waals surface area contributed by atoms with Crippen LogP contribution in [0.1, 0.15) is 41.7 Å². The smallest absolute Gasteiger partial charge is 0.319 e. The third-order valence-corrected chi connectivity index (χ3v) is 5.52. The molecule has 1 saturated heterocycles. The number of nitrogens with zero attached hydrogens (tertiary/aromatic N) is 2. The van der Waals surface area contributed by atoms with Crippen molar-refractivity contribution in [2.24, 2.45) is 0 Å².